The number of carbonyl (C=O) groups is 3. The Hall–Kier alpha value is -2.17. The monoisotopic (exact) mass is 301 g/mol. The number of fused-ring (bicyclic) bond motifs is 2. The first-order valence-corrected chi connectivity index (χ1v) is 7.68. The Morgan fingerprint density at radius 1 is 1.27 bits per heavy atom. The van der Waals surface area contributed by atoms with E-state index in [1.807, 2.05) is 0 Å². The number of carbonyl (C=O) groups excluding carboxylic acids is 3. The molecule has 0 aromatic heterocycles. The molecule has 116 valence electrons. The fourth-order valence-corrected chi connectivity index (χ4v) is 3.70. The van der Waals surface area contributed by atoms with Gasteiger partial charge in [-0.05, 0) is 38.3 Å². The third kappa shape index (κ3) is 2.12. The number of ether oxygens (including phenoxy) is 1. The third-order valence-electron chi connectivity index (χ3n) is 4.75. The molecule has 0 heterocycles. The number of amides is 1. The third-order valence-corrected chi connectivity index (χ3v) is 4.75. The summed E-state index contributed by atoms with van der Waals surface area (Å²) in [5, 5.41) is 2.71. The molecule has 1 amide bonds. The van der Waals surface area contributed by atoms with E-state index in [0.717, 1.165) is 12.8 Å². The van der Waals surface area contributed by atoms with Gasteiger partial charge in [-0.1, -0.05) is 18.2 Å². The number of benzene rings is 1. The molecule has 0 unspecified atom stereocenters. The van der Waals surface area contributed by atoms with E-state index in [1.165, 1.54) is 0 Å². The molecule has 0 radical (unpaired) electrons. The van der Waals surface area contributed by atoms with Crippen molar-refractivity contribution in [3.8, 4) is 0 Å². The van der Waals surface area contributed by atoms with Gasteiger partial charge in [0.1, 0.15) is 0 Å². The van der Waals surface area contributed by atoms with Gasteiger partial charge in [0.25, 0.3) is 5.91 Å². The van der Waals surface area contributed by atoms with Crippen LogP contribution in [0.4, 0.5) is 0 Å². The summed E-state index contributed by atoms with van der Waals surface area (Å²) in [6.07, 6.45) is 2.23. The van der Waals surface area contributed by atoms with Crippen molar-refractivity contribution in [1.82, 2.24) is 5.32 Å². The van der Waals surface area contributed by atoms with Gasteiger partial charge in [-0.15, -0.1) is 0 Å². The van der Waals surface area contributed by atoms with Crippen LogP contribution < -0.4 is 5.32 Å². The second-order valence-corrected chi connectivity index (χ2v) is 5.92. The molecular formula is C17H19NO4. The summed E-state index contributed by atoms with van der Waals surface area (Å²) < 4.78 is 5.11. The van der Waals surface area contributed by atoms with E-state index < -0.39 is 17.4 Å². The lowest BCUT2D eigenvalue weighted by molar-refractivity contribution is -0.157. The van der Waals surface area contributed by atoms with Crippen LogP contribution in [0.15, 0.2) is 30.3 Å². The van der Waals surface area contributed by atoms with Gasteiger partial charge in [0, 0.05) is 17.4 Å². The Morgan fingerprint density at radius 2 is 2.00 bits per heavy atom. The van der Waals surface area contributed by atoms with E-state index in [4.69, 9.17) is 4.74 Å². The van der Waals surface area contributed by atoms with Crippen LogP contribution in [-0.2, 0) is 14.3 Å². The number of ketones is 1. The van der Waals surface area contributed by atoms with Crippen LogP contribution in [-0.4, -0.2) is 29.8 Å². The van der Waals surface area contributed by atoms with Gasteiger partial charge < -0.3 is 10.1 Å². The molecule has 0 spiro atoms. The molecule has 2 saturated carbocycles. The highest BCUT2D eigenvalue weighted by atomic mass is 16.5. The van der Waals surface area contributed by atoms with E-state index >= 15 is 0 Å². The molecule has 2 fully saturated rings. The standard InChI is InChI=1S/C17H19NO4/c1-2-22-16(21)17(13-9-8-12(10-13)14(17)19)18-15(20)11-6-4-3-5-7-11/h3-7,12-13H,2,8-10H2,1H3,(H,18,20)/t12-,13+,17+/m1/s1. The van der Waals surface area contributed by atoms with E-state index in [1.54, 1.807) is 37.3 Å². The minimum absolute atomic E-state index is 0.134. The maximum atomic E-state index is 12.7. The Balaban J connectivity index is 1.92. The van der Waals surface area contributed by atoms with E-state index in [0.29, 0.717) is 12.0 Å². The maximum absolute atomic E-state index is 12.7. The van der Waals surface area contributed by atoms with Crippen molar-refractivity contribution in [3.05, 3.63) is 35.9 Å². The van der Waals surface area contributed by atoms with Crippen molar-refractivity contribution in [2.24, 2.45) is 11.8 Å². The second kappa shape index (κ2) is 5.55. The average Bonchev–Trinajstić information content (AvgIpc) is 3.11. The Bertz CT molecular complexity index is 612. The molecule has 3 atom stereocenters. The van der Waals surface area contributed by atoms with Crippen LogP contribution >= 0.6 is 0 Å². The van der Waals surface area contributed by atoms with Crippen molar-refractivity contribution in [1.29, 1.82) is 0 Å². The molecule has 5 nitrogen and oxygen atoms in total. The van der Waals surface area contributed by atoms with Crippen molar-refractivity contribution in [2.45, 2.75) is 31.7 Å². The summed E-state index contributed by atoms with van der Waals surface area (Å²) in [5.74, 6) is -1.50. The highest BCUT2D eigenvalue weighted by molar-refractivity contribution is 6.15. The highest BCUT2D eigenvalue weighted by Gasteiger charge is 2.64. The lowest BCUT2D eigenvalue weighted by Gasteiger charge is -2.34. The number of hydrogen-bond donors (Lipinski definition) is 1. The van der Waals surface area contributed by atoms with Crippen molar-refractivity contribution >= 4 is 17.7 Å². The zero-order valence-electron chi connectivity index (χ0n) is 12.5. The van der Waals surface area contributed by atoms with Crippen molar-refractivity contribution in [3.63, 3.8) is 0 Å². The largest absolute Gasteiger partial charge is 0.464 e. The van der Waals surface area contributed by atoms with Crippen molar-refractivity contribution < 1.29 is 19.1 Å². The smallest absolute Gasteiger partial charge is 0.340 e. The number of esters is 1. The molecule has 3 rings (SSSR count). The van der Waals surface area contributed by atoms with Crippen LogP contribution in [0.5, 0.6) is 0 Å². The fourth-order valence-electron chi connectivity index (χ4n) is 3.70. The fraction of sp³-hybridized carbons (Fsp3) is 0.471. The summed E-state index contributed by atoms with van der Waals surface area (Å²) >= 11 is 0. The predicted molar refractivity (Wildman–Crippen MR) is 79.1 cm³/mol. The Morgan fingerprint density at radius 3 is 2.59 bits per heavy atom. The lowest BCUT2D eigenvalue weighted by Crippen LogP contribution is -2.63. The van der Waals surface area contributed by atoms with Gasteiger partial charge in [0.2, 0.25) is 5.54 Å². The van der Waals surface area contributed by atoms with Gasteiger partial charge in [0.15, 0.2) is 5.78 Å². The molecule has 5 heteroatoms. The van der Waals surface area contributed by atoms with Gasteiger partial charge >= 0.3 is 5.97 Å². The molecule has 2 bridgehead atoms. The number of hydrogen-bond acceptors (Lipinski definition) is 4. The summed E-state index contributed by atoms with van der Waals surface area (Å²) in [7, 11) is 0. The lowest BCUT2D eigenvalue weighted by atomic mass is 9.79. The summed E-state index contributed by atoms with van der Waals surface area (Å²) in [4.78, 5) is 37.6. The van der Waals surface area contributed by atoms with Crippen LogP contribution in [0.2, 0.25) is 0 Å². The number of Topliss-reactive ketones (excluding diaryl/α,β-unsaturated/α-hetero) is 1. The SMILES string of the molecule is CCOC(=O)[C@@]1(NC(=O)c2ccccc2)C(=O)[C@@H]2CC[C@H]1C2. The zero-order valence-corrected chi connectivity index (χ0v) is 12.5. The molecule has 1 aromatic rings. The Labute approximate surface area is 129 Å². The first-order chi connectivity index (χ1) is 10.6. The zero-order chi connectivity index (χ0) is 15.7. The predicted octanol–water partition coefficient (Wildman–Crippen LogP) is 1.72. The quantitative estimate of drug-likeness (QED) is 0.679. The first-order valence-electron chi connectivity index (χ1n) is 7.68. The molecule has 0 saturated heterocycles. The van der Waals surface area contributed by atoms with Gasteiger partial charge in [0.05, 0.1) is 6.61 Å². The highest BCUT2D eigenvalue weighted by Crippen LogP contribution is 2.49. The number of nitrogens with one attached hydrogen (secondary N) is 1. The summed E-state index contributed by atoms with van der Waals surface area (Å²) in [5.41, 5.74) is -1.06. The van der Waals surface area contributed by atoms with Crippen molar-refractivity contribution in [2.75, 3.05) is 6.61 Å². The molecule has 22 heavy (non-hydrogen) atoms. The van der Waals surface area contributed by atoms with Crippen LogP contribution in [0.1, 0.15) is 36.5 Å². The van der Waals surface area contributed by atoms with Gasteiger partial charge in [-0.25, -0.2) is 4.79 Å². The molecule has 2 aliphatic carbocycles. The molecule has 0 aliphatic heterocycles. The van der Waals surface area contributed by atoms with E-state index in [2.05, 4.69) is 5.32 Å². The minimum Gasteiger partial charge on any atom is -0.464 e. The summed E-state index contributed by atoms with van der Waals surface area (Å²) in [6, 6.07) is 8.61. The molecule has 2 aliphatic rings. The van der Waals surface area contributed by atoms with Gasteiger partial charge in [-0.3, -0.25) is 9.59 Å². The normalized spacial score (nSPS) is 29.4. The average molecular weight is 301 g/mol. The summed E-state index contributed by atoms with van der Waals surface area (Å²) in [6.45, 7) is 1.88. The maximum Gasteiger partial charge on any atom is 0.340 e. The van der Waals surface area contributed by atoms with E-state index in [9.17, 15) is 14.4 Å². The Kier molecular flexibility index (Phi) is 3.72. The number of rotatable bonds is 4. The van der Waals surface area contributed by atoms with Crippen LogP contribution in [0, 0.1) is 11.8 Å². The minimum atomic E-state index is -1.49. The molecule has 1 aromatic carbocycles. The topological polar surface area (TPSA) is 72.5 Å². The van der Waals surface area contributed by atoms with Crippen LogP contribution in [0.3, 0.4) is 0 Å². The van der Waals surface area contributed by atoms with Crippen LogP contribution in [0.25, 0.3) is 0 Å². The molecule has 1 N–H and O–H groups in total. The second-order valence-electron chi connectivity index (χ2n) is 5.92. The first kappa shape index (κ1) is 14.8. The van der Waals surface area contributed by atoms with E-state index in [-0.39, 0.29) is 24.2 Å². The molecular weight excluding hydrogens is 282 g/mol. The van der Waals surface area contributed by atoms with Gasteiger partial charge in [-0.2, -0.15) is 0 Å².